The summed E-state index contributed by atoms with van der Waals surface area (Å²) in [5.41, 5.74) is -0.899. The first kappa shape index (κ1) is 18.3. The first-order chi connectivity index (χ1) is 13.8. The van der Waals surface area contributed by atoms with Crippen molar-refractivity contribution in [2.45, 2.75) is 39.7 Å². The van der Waals surface area contributed by atoms with Gasteiger partial charge in [-0.2, -0.15) is 0 Å². The van der Waals surface area contributed by atoms with E-state index >= 15 is 0 Å². The normalized spacial score (nSPS) is 12.9. The fraction of sp³-hybridized carbons (Fsp3) is 0.280. The number of pyridine rings is 1. The fourth-order valence-electron chi connectivity index (χ4n) is 5.00. The lowest BCUT2D eigenvalue weighted by atomic mass is 9.91. The number of hydrogen-bond acceptors (Lipinski definition) is 3. The van der Waals surface area contributed by atoms with Crippen LogP contribution in [0.25, 0.3) is 41.7 Å². The first-order valence-corrected chi connectivity index (χ1v) is 10.9. The molecule has 5 rings (SSSR count). The molecule has 0 aliphatic heterocycles. The van der Waals surface area contributed by atoms with E-state index in [0.717, 1.165) is 32.7 Å². The lowest BCUT2D eigenvalue weighted by Gasteiger charge is -2.29. The highest BCUT2D eigenvalue weighted by Gasteiger charge is 2.28. The monoisotopic (exact) mass is 401 g/mol. The van der Waals surface area contributed by atoms with Crippen molar-refractivity contribution < 1.29 is 0 Å². The molecule has 0 amide bonds. The molecule has 0 radical (unpaired) electrons. The summed E-state index contributed by atoms with van der Waals surface area (Å²) in [6.45, 7) is 8.22. The third kappa shape index (κ3) is 2.55. The number of rotatable bonds is 3. The third-order valence-corrected chi connectivity index (χ3v) is 7.04. The number of nitrogens with zero attached hydrogens (tertiary/aromatic N) is 1. The number of benzene rings is 3. The molecule has 0 saturated carbocycles. The zero-order chi connectivity index (χ0) is 20.5. The maximum Gasteiger partial charge on any atom is 0.261 e. The smallest absolute Gasteiger partial charge is 0.261 e. The molecule has 0 spiro atoms. The SMILES string of the molecule is CC(C)CC(C)(C)n1c(=O)c2ccc3sc4ccccc4c4ccc(c1=O)c2c34. The summed E-state index contributed by atoms with van der Waals surface area (Å²) in [5, 5.41) is 5.39. The van der Waals surface area contributed by atoms with Crippen LogP contribution in [0.1, 0.15) is 34.1 Å². The van der Waals surface area contributed by atoms with Gasteiger partial charge < -0.3 is 0 Å². The van der Waals surface area contributed by atoms with Crippen molar-refractivity contribution in [1.29, 1.82) is 0 Å². The van der Waals surface area contributed by atoms with Crippen molar-refractivity contribution in [2.24, 2.45) is 5.92 Å². The van der Waals surface area contributed by atoms with E-state index in [1.807, 2.05) is 50.2 Å². The van der Waals surface area contributed by atoms with Crippen LogP contribution in [-0.4, -0.2) is 4.57 Å². The second-order valence-electron chi connectivity index (χ2n) is 8.98. The zero-order valence-electron chi connectivity index (χ0n) is 17.1. The van der Waals surface area contributed by atoms with Gasteiger partial charge in [-0.15, -0.1) is 11.3 Å². The molecule has 5 aromatic rings. The molecule has 3 aromatic carbocycles. The Morgan fingerprint density at radius 1 is 0.793 bits per heavy atom. The van der Waals surface area contributed by atoms with Crippen molar-refractivity contribution in [3.8, 4) is 0 Å². The molecule has 2 aromatic heterocycles. The molecule has 0 N–H and O–H groups in total. The summed E-state index contributed by atoms with van der Waals surface area (Å²) in [6, 6.07) is 16.2. The van der Waals surface area contributed by atoms with E-state index < -0.39 is 5.54 Å². The van der Waals surface area contributed by atoms with Crippen LogP contribution in [-0.2, 0) is 5.54 Å². The minimum atomic E-state index is -0.540. The summed E-state index contributed by atoms with van der Waals surface area (Å²) in [6.07, 6.45) is 0.766. The number of hydrogen-bond donors (Lipinski definition) is 0. The van der Waals surface area contributed by atoms with Gasteiger partial charge in [-0.05, 0) is 61.2 Å². The Labute approximate surface area is 172 Å². The van der Waals surface area contributed by atoms with Crippen LogP contribution in [0, 0.1) is 5.92 Å². The Hall–Kier alpha value is -2.72. The molecule has 4 heteroatoms. The van der Waals surface area contributed by atoms with Crippen molar-refractivity contribution in [1.82, 2.24) is 4.57 Å². The predicted octanol–water partition coefficient (Wildman–Crippen LogP) is 6.10. The molecule has 29 heavy (non-hydrogen) atoms. The van der Waals surface area contributed by atoms with Gasteiger partial charge in [0, 0.05) is 36.5 Å². The van der Waals surface area contributed by atoms with E-state index in [1.165, 1.54) is 9.27 Å². The molecular formula is C25H23NO2S. The Bertz CT molecular complexity index is 1490. The Balaban J connectivity index is 2.00. The summed E-state index contributed by atoms with van der Waals surface area (Å²) >= 11 is 1.71. The topological polar surface area (TPSA) is 39.1 Å². The molecule has 3 nitrogen and oxygen atoms in total. The highest BCUT2D eigenvalue weighted by atomic mass is 32.1. The Kier molecular flexibility index (Phi) is 3.88. The van der Waals surface area contributed by atoms with E-state index in [1.54, 1.807) is 11.3 Å². The summed E-state index contributed by atoms with van der Waals surface area (Å²) in [4.78, 5) is 27.0. The summed E-state index contributed by atoms with van der Waals surface area (Å²) in [7, 11) is 0. The van der Waals surface area contributed by atoms with Crippen LogP contribution in [0.4, 0.5) is 0 Å². The molecule has 0 fully saturated rings. The third-order valence-electron chi connectivity index (χ3n) is 5.90. The maximum absolute atomic E-state index is 13.5. The van der Waals surface area contributed by atoms with Gasteiger partial charge in [-0.1, -0.05) is 38.1 Å². The average Bonchev–Trinajstić information content (AvgIpc) is 2.66. The van der Waals surface area contributed by atoms with Gasteiger partial charge in [0.05, 0.1) is 0 Å². The van der Waals surface area contributed by atoms with E-state index in [4.69, 9.17) is 0 Å². The number of aromatic nitrogens is 1. The minimum absolute atomic E-state index is 0.180. The van der Waals surface area contributed by atoms with Crippen LogP contribution in [0.15, 0.2) is 58.1 Å². The van der Waals surface area contributed by atoms with Crippen LogP contribution in [0.3, 0.4) is 0 Å². The largest absolute Gasteiger partial charge is 0.269 e. The van der Waals surface area contributed by atoms with Gasteiger partial charge >= 0.3 is 0 Å². The summed E-state index contributed by atoms with van der Waals surface area (Å²) in [5.74, 6) is 0.385. The van der Waals surface area contributed by atoms with E-state index in [9.17, 15) is 9.59 Å². The van der Waals surface area contributed by atoms with Crippen molar-refractivity contribution in [2.75, 3.05) is 0 Å². The standard InChI is InChI=1S/C25H23NO2S/c1-14(2)13-25(3,4)26-23(27)17-10-9-16-15-7-5-6-8-19(15)29-20-12-11-18(24(26)28)21(17)22(16)20/h5-12,14H,13H2,1-4H3. The van der Waals surface area contributed by atoms with Gasteiger partial charge in [0.25, 0.3) is 11.1 Å². The molecule has 0 saturated heterocycles. The molecule has 0 unspecified atom stereocenters. The molecule has 0 atom stereocenters. The minimum Gasteiger partial charge on any atom is -0.269 e. The second kappa shape index (κ2) is 6.14. The number of fused-ring (bicyclic) bond motifs is 2. The molecule has 2 heterocycles. The van der Waals surface area contributed by atoms with Crippen molar-refractivity contribution >= 4 is 53.1 Å². The van der Waals surface area contributed by atoms with Crippen LogP contribution in [0.5, 0.6) is 0 Å². The molecule has 146 valence electrons. The van der Waals surface area contributed by atoms with Crippen LogP contribution in [0.2, 0.25) is 0 Å². The molecule has 0 aliphatic rings. The van der Waals surface area contributed by atoms with Crippen molar-refractivity contribution in [3.63, 3.8) is 0 Å². The van der Waals surface area contributed by atoms with Crippen LogP contribution >= 0.6 is 11.3 Å². The van der Waals surface area contributed by atoms with Gasteiger partial charge in [0.1, 0.15) is 0 Å². The van der Waals surface area contributed by atoms with Crippen molar-refractivity contribution in [3.05, 3.63) is 69.2 Å². The fourth-order valence-corrected chi connectivity index (χ4v) is 6.12. The van der Waals surface area contributed by atoms with Gasteiger partial charge in [-0.25, -0.2) is 0 Å². The lowest BCUT2D eigenvalue weighted by Crippen LogP contribution is -2.45. The molecule has 0 aliphatic carbocycles. The average molecular weight is 402 g/mol. The quantitative estimate of drug-likeness (QED) is 0.271. The Morgan fingerprint density at radius 2 is 1.41 bits per heavy atom. The van der Waals surface area contributed by atoms with Gasteiger partial charge in [-0.3, -0.25) is 14.2 Å². The highest BCUT2D eigenvalue weighted by Crippen LogP contribution is 2.39. The lowest BCUT2D eigenvalue weighted by molar-refractivity contribution is 0.273. The molecule has 0 bridgehead atoms. The van der Waals surface area contributed by atoms with E-state index in [0.29, 0.717) is 16.7 Å². The molecular weight excluding hydrogens is 378 g/mol. The van der Waals surface area contributed by atoms with Gasteiger partial charge in [0.15, 0.2) is 0 Å². The van der Waals surface area contributed by atoms with E-state index in [-0.39, 0.29) is 11.1 Å². The zero-order valence-corrected chi connectivity index (χ0v) is 17.9. The van der Waals surface area contributed by atoms with Crippen LogP contribution < -0.4 is 11.1 Å². The first-order valence-electron chi connectivity index (χ1n) is 10.1. The maximum atomic E-state index is 13.5. The second-order valence-corrected chi connectivity index (χ2v) is 10.1. The predicted molar refractivity (Wildman–Crippen MR) is 125 cm³/mol. The summed E-state index contributed by atoms with van der Waals surface area (Å²) < 4.78 is 3.79. The highest BCUT2D eigenvalue weighted by molar-refractivity contribution is 7.25. The van der Waals surface area contributed by atoms with Gasteiger partial charge in [0.2, 0.25) is 0 Å². The Morgan fingerprint density at radius 3 is 2.10 bits per heavy atom. The van der Waals surface area contributed by atoms with E-state index in [2.05, 4.69) is 26.0 Å².